The minimum absolute atomic E-state index is 0.0523. The number of hydrogen-bond acceptors (Lipinski definition) is 4. The average Bonchev–Trinajstić information content (AvgIpc) is 3.24. The summed E-state index contributed by atoms with van der Waals surface area (Å²) in [5, 5.41) is 0. The van der Waals surface area contributed by atoms with Gasteiger partial charge in [-0.1, -0.05) is 30.3 Å². The van der Waals surface area contributed by atoms with Gasteiger partial charge >= 0.3 is 0 Å². The molecule has 1 aliphatic rings. The Labute approximate surface area is 152 Å². The first-order valence-corrected chi connectivity index (χ1v) is 8.71. The maximum Gasteiger partial charge on any atom is 0.289 e. The Morgan fingerprint density at radius 3 is 2.31 bits per heavy atom. The molecule has 4 rings (SSSR count). The summed E-state index contributed by atoms with van der Waals surface area (Å²) in [6, 6.07) is 21.2. The molecule has 1 aliphatic heterocycles. The predicted molar refractivity (Wildman–Crippen MR) is 99.8 cm³/mol. The lowest BCUT2D eigenvalue weighted by Gasteiger charge is -2.36. The molecule has 5 heteroatoms. The second-order valence-electron chi connectivity index (χ2n) is 6.14. The largest absolute Gasteiger partial charge is 0.459 e. The molecule has 2 aromatic carbocycles. The van der Waals surface area contributed by atoms with Crippen LogP contribution in [0.2, 0.25) is 0 Å². The number of nitrogens with zero attached hydrogens (tertiary/aromatic N) is 2. The quantitative estimate of drug-likeness (QED) is 0.714. The lowest BCUT2D eigenvalue weighted by atomic mass is 10.2. The Morgan fingerprint density at radius 2 is 1.58 bits per heavy atom. The predicted octanol–water partition coefficient (Wildman–Crippen LogP) is 4.03. The molecule has 0 saturated carbocycles. The van der Waals surface area contributed by atoms with Gasteiger partial charge in [0, 0.05) is 26.2 Å². The van der Waals surface area contributed by atoms with E-state index < -0.39 is 0 Å². The van der Waals surface area contributed by atoms with E-state index in [0.717, 1.165) is 30.3 Å². The van der Waals surface area contributed by atoms with Crippen LogP contribution in [0.15, 0.2) is 77.4 Å². The molecule has 1 saturated heterocycles. The highest BCUT2D eigenvalue weighted by Gasteiger charge is 2.25. The van der Waals surface area contributed by atoms with E-state index in [1.807, 2.05) is 53.4 Å². The third-order valence-electron chi connectivity index (χ3n) is 4.48. The van der Waals surface area contributed by atoms with Gasteiger partial charge in [-0.2, -0.15) is 0 Å². The van der Waals surface area contributed by atoms with Crippen LogP contribution in [0.25, 0.3) is 0 Å². The highest BCUT2D eigenvalue weighted by Crippen LogP contribution is 2.32. The number of amides is 1. The molecule has 1 amide bonds. The molecule has 0 atom stereocenters. The van der Waals surface area contributed by atoms with Crippen LogP contribution in [0, 0.1) is 0 Å². The van der Waals surface area contributed by atoms with E-state index in [1.165, 1.54) is 6.26 Å². The van der Waals surface area contributed by atoms with E-state index in [-0.39, 0.29) is 5.91 Å². The van der Waals surface area contributed by atoms with Crippen molar-refractivity contribution in [2.75, 3.05) is 31.1 Å². The lowest BCUT2D eigenvalue weighted by Crippen LogP contribution is -2.48. The number of furan rings is 1. The Kier molecular flexibility index (Phi) is 4.60. The van der Waals surface area contributed by atoms with Gasteiger partial charge in [0.05, 0.1) is 12.0 Å². The van der Waals surface area contributed by atoms with Crippen molar-refractivity contribution in [2.24, 2.45) is 0 Å². The van der Waals surface area contributed by atoms with Crippen molar-refractivity contribution in [1.82, 2.24) is 4.90 Å². The van der Waals surface area contributed by atoms with Crippen molar-refractivity contribution >= 4 is 11.6 Å². The first-order valence-electron chi connectivity index (χ1n) is 8.71. The van der Waals surface area contributed by atoms with Gasteiger partial charge in [0.1, 0.15) is 5.75 Å². The Morgan fingerprint density at radius 1 is 0.846 bits per heavy atom. The normalized spacial score (nSPS) is 14.3. The van der Waals surface area contributed by atoms with E-state index in [4.69, 9.17) is 9.15 Å². The number of rotatable bonds is 4. The number of carbonyl (C=O) groups is 1. The molecular weight excluding hydrogens is 328 g/mol. The minimum atomic E-state index is -0.0523. The van der Waals surface area contributed by atoms with Gasteiger partial charge < -0.3 is 19.0 Å². The van der Waals surface area contributed by atoms with E-state index in [1.54, 1.807) is 12.1 Å². The number of anilines is 1. The second-order valence-corrected chi connectivity index (χ2v) is 6.14. The monoisotopic (exact) mass is 348 g/mol. The highest BCUT2D eigenvalue weighted by molar-refractivity contribution is 5.91. The summed E-state index contributed by atoms with van der Waals surface area (Å²) in [7, 11) is 0. The van der Waals surface area contributed by atoms with E-state index >= 15 is 0 Å². The first-order chi connectivity index (χ1) is 12.8. The highest BCUT2D eigenvalue weighted by atomic mass is 16.5. The van der Waals surface area contributed by atoms with Crippen LogP contribution in [-0.4, -0.2) is 37.0 Å². The van der Waals surface area contributed by atoms with Crippen molar-refractivity contribution < 1.29 is 13.9 Å². The Bertz CT molecular complexity index is 854. The molecule has 26 heavy (non-hydrogen) atoms. The third-order valence-corrected chi connectivity index (χ3v) is 4.48. The maximum absolute atomic E-state index is 12.4. The number of benzene rings is 2. The summed E-state index contributed by atoms with van der Waals surface area (Å²) < 4.78 is 11.3. The zero-order valence-corrected chi connectivity index (χ0v) is 14.4. The van der Waals surface area contributed by atoms with Crippen LogP contribution in [0.4, 0.5) is 5.69 Å². The van der Waals surface area contributed by atoms with Gasteiger partial charge in [-0.15, -0.1) is 0 Å². The van der Waals surface area contributed by atoms with Crippen molar-refractivity contribution in [3.8, 4) is 11.5 Å². The van der Waals surface area contributed by atoms with E-state index in [9.17, 15) is 4.79 Å². The Hall–Kier alpha value is -3.21. The van der Waals surface area contributed by atoms with Gasteiger partial charge in [-0.25, -0.2) is 0 Å². The third kappa shape index (κ3) is 3.42. The maximum atomic E-state index is 12.4. The zero-order chi connectivity index (χ0) is 17.8. The second kappa shape index (κ2) is 7.35. The van der Waals surface area contributed by atoms with Crippen LogP contribution < -0.4 is 9.64 Å². The van der Waals surface area contributed by atoms with E-state index in [0.29, 0.717) is 18.8 Å². The standard InChI is InChI=1S/C21H20N2O3/c24-21(20-11-6-16-25-20)23-14-12-22(13-15-23)18-9-4-5-10-19(18)26-17-7-2-1-3-8-17/h1-11,16H,12-15H2. The molecule has 1 fully saturated rings. The van der Waals surface area contributed by atoms with E-state index in [2.05, 4.69) is 11.0 Å². The van der Waals surface area contributed by atoms with Crippen LogP contribution in [0.5, 0.6) is 11.5 Å². The molecule has 3 aromatic rings. The summed E-state index contributed by atoms with van der Waals surface area (Å²) >= 11 is 0. The average molecular weight is 348 g/mol. The molecule has 0 spiro atoms. The van der Waals surface area contributed by atoms with Crippen molar-refractivity contribution in [3.63, 3.8) is 0 Å². The summed E-state index contributed by atoms with van der Waals surface area (Å²) in [5.41, 5.74) is 1.04. The molecule has 0 N–H and O–H groups in total. The smallest absolute Gasteiger partial charge is 0.289 e. The van der Waals surface area contributed by atoms with Gasteiger partial charge in [0.25, 0.3) is 5.91 Å². The lowest BCUT2D eigenvalue weighted by molar-refractivity contribution is 0.0714. The molecule has 0 bridgehead atoms. The molecule has 0 radical (unpaired) electrons. The molecule has 0 unspecified atom stereocenters. The molecular formula is C21H20N2O3. The number of ether oxygens (including phenoxy) is 1. The van der Waals surface area contributed by atoms with Gasteiger partial charge in [-0.05, 0) is 36.4 Å². The summed E-state index contributed by atoms with van der Waals surface area (Å²) in [4.78, 5) is 16.5. The fourth-order valence-electron chi connectivity index (χ4n) is 3.13. The number of carbonyl (C=O) groups excluding carboxylic acids is 1. The minimum Gasteiger partial charge on any atom is -0.459 e. The SMILES string of the molecule is O=C(c1ccco1)N1CCN(c2ccccc2Oc2ccccc2)CC1. The number of para-hydroxylation sites is 3. The summed E-state index contributed by atoms with van der Waals surface area (Å²) in [6.07, 6.45) is 1.53. The molecule has 2 heterocycles. The fraction of sp³-hybridized carbons (Fsp3) is 0.190. The molecule has 1 aromatic heterocycles. The molecule has 132 valence electrons. The van der Waals surface area contributed by atoms with Crippen LogP contribution >= 0.6 is 0 Å². The van der Waals surface area contributed by atoms with Crippen molar-refractivity contribution in [3.05, 3.63) is 78.8 Å². The van der Waals surface area contributed by atoms with Crippen LogP contribution in [0.3, 0.4) is 0 Å². The fourth-order valence-corrected chi connectivity index (χ4v) is 3.13. The Balaban J connectivity index is 1.45. The number of hydrogen-bond donors (Lipinski definition) is 0. The molecule has 5 nitrogen and oxygen atoms in total. The van der Waals surface area contributed by atoms with Gasteiger partial charge in [0.2, 0.25) is 0 Å². The number of piperazine rings is 1. The topological polar surface area (TPSA) is 45.9 Å². The summed E-state index contributed by atoms with van der Waals surface area (Å²) in [5.74, 6) is 1.98. The first kappa shape index (κ1) is 16.3. The van der Waals surface area contributed by atoms with Crippen molar-refractivity contribution in [1.29, 1.82) is 0 Å². The molecule has 0 aliphatic carbocycles. The summed E-state index contributed by atoms with van der Waals surface area (Å²) in [6.45, 7) is 2.81. The van der Waals surface area contributed by atoms with Crippen LogP contribution in [-0.2, 0) is 0 Å². The van der Waals surface area contributed by atoms with Crippen LogP contribution in [0.1, 0.15) is 10.6 Å². The van der Waals surface area contributed by atoms with Gasteiger partial charge in [0.15, 0.2) is 11.5 Å². The van der Waals surface area contributed by atoms with Gasteiger partial charge in [-0.3, -0.25) is 4.79 Å². The zero-order valence-electron chi connectivity index (χ0n) is 14.4. The van der Waals surface area contributed by atoms with Crippen molar-refractivity contribution in [2.45, 2.75) is 0 Å².